The first-order chi connectivity index (χ1) is 10.2. The molecule has 0 saturated carbocycles. The van der Waals surface area contributed by atoms with E-state index in [1.54, 1.807) is 36.7 Å². The molecule has 1 fully saturated rings. The van der Waals surface area contributed by atoms with Crippen LogP contribution in [0.15, 0.2) is 24.7 Å². The lowest BCUT2D eigenvalue weighted by Gasteiger charge is -2.22. The van der Waals surface area contributed by atoms with Gasteiger partial charge in [-0.25, -0.2) is 15.0 Å². The van der Waals surface area contributed by atoms with Gasteiger partial charge in [0.25, 0.3) is 5.91 Å². The Bertz CT molecular complexity index is 628. The minimum absolute atomic E-state index is 0.00569. The molecule has 7 heteroatoms. The van der Waals surface area contributed by atoms with Gasteiger partial charge in [0, 0.05) is 44.4 Å². The monoisotopic (exact) mass is 287 g/mol. The molecule has 0 bridgehead atoms. The maximum absolute atomic E-state index is 12.7. The van der Waals surface area contributed by atoms with Gasteiger partial charge >= 0.3 is 0 Å². The van der Waals surface area contributed by atoms with Crippen LogP contribution in [0.5, 0.6) is 0 Å². The third-order valence-corrected chi connectivity index (χ3v) is 3.68. The molecular formula is C14H17N5O2. The van der Waals surface area contributed by atoms with Gasteiger partial charge in [-0.2, -0.15) is 0 Å². The molecule has 21 heavy (non-hydrogen) atoms. The minimum atomic E-state index is -0.195. The van der Waals surface area contributed by atoms with E-state index in [2.05, 4.69) is 19.9 Å². The summed E-state index contributed by atoms with van der Waals surface area (Å²) in [6.07, 6.45) is 5.74. The third-order valence-electron chi connectivity index (χ3n) is 3.68. The van der Waals surface area contributed by atoms with Crippen LogP contribution in [0, 0.1) is 6.92 Å². The number of aromatic amines is 1. The van der Waals surface area contributed by atoms with Crippen LogP contribution in [0.4, 0.5) is 0 Å². The summed E-state index contributed by atoms with van der Waals surface area (Å²) in [7, 11) is 1.65. The largest absolute Gasteiger partial charge is 0.380 e. The normalized spacial score (nSPS) is 21.7. The zero-order chi connectivity index (χ0) is 14.8. The number of carbonyl (C=O) groups is 1. The number of rotatable bonds is 3. The van der Waals surface area contributed by atoms with Crippen molar-refractivity contribution in [2.24, 2.45) is 0 Å². The fourth-order valence-corrected chi connectivity index (χ4v) is 2.59. The quantitative estimate of drug-likeness (QED) is 0.914. The number of hydrogen-bond donors (Lipinski definition) is 1. The Kier molecular flexibility index (Phi) is 3.66. The summed E-state index contributed by atoms with van der Waals surface area (Å²) in [4.78, 5) is 30.0. The smallest absolute Gasteiger partial charge is 0.292 e. The van der Waals surface area contributed by atoms with Crippen molar-refractivity contribution in [1.82, 2.24) is 24.8 Å². The van der Waals surface area contributed by atoms with Crippen LogP contribution >= 0.6 is 0 Å². The molecule has 2 aromatic heterocycles. The Hall–Kier alpha value is -2.28. The first kappa shape index (κ1) is 13.7. The molecule has 7 nitrogen and oxygen atoms in total. The second kappa shape index (κ2) is 5.61. The summed E-state index contributed by atoms with van der Waals surface area (Å²) in [6.45, 7) is 2.35. The van der Waals surface area contributed by atoms with Crippen LogP contribution in [0.1, 0.15) is 34.6 Å². The molecule has 1 unspecified atom stereocenters. The molecule has 0 aromatic carbocycles. The molecule has 3 heterocycles. The summed E-state index contributed by atoms with van der Waals surface area (Å²) < 4.78 is 5.40. The Morgan fingerprint density at radius 1 is 1.43 bits per heavy atom. The number of carbonyl (C=O) groups excluding carboxylic acids is 1. The maximum Gasteiger partial charge on any atom is 0.292 e. The van der Waals surface area contributed by atoms with E-state index in [-0.39, 0.29) is 23.9 Å². The highest BCUT2D eigenvalue weighted by Gasteiger charge is 2.38. The summed E-state index contributed by atoms with van der Waals surface area (Å²) in [6, 6.07) is 1.63. The number of methoxy groups -OCH3 is 1. The summed E-state index contributed by atoms with van der Waals surface area (Å²) in [5.41, 5.74) is 0.769. The van der Waals surface area contributed by atoms with E-state index in [0.717, 1.165) is 11.5 Å². The van der Waals surface area contributed by atoms with Gasteiger partial charge in [0.2, 0.25) is 5.82 Å². The third kappa shape index (κ3) is 2.64. The first-order valence-corrected chi connectivity index (χ1v) is 6.81. The molecule has 3 rings (SSSR count). The zero-order valence-corrected chi connectivity index (χ0v) is 12.0. The number of aryl methyl sites for hydroxylation is 1. The fraction of sp³-hybridized carbons (Fsp3) is 0.429. The number of aromatic nitrogens is 4. The van der Waals surface area contributed by atoms with Crippen molar-refractivity contribution in [3.63, 3.8) is 0 Å². The van der Waals surface area contributed by atoms with Crippen LogP contribution in [0.3, 0.4) is 0 Å². The van der Waals surface area contributed by atoms with Gasteiger partial charge in [0.15, 0.2) is 0 Å². The lowest BCUT2D eigenvalue weighted by molar-refractivity contribution is 0.0672. The SMILES string of the molecule is CO[C@@H]1CC(c2ncc[nH]2)N(C(=O)c2nccc(C)n2)C1. The molecule has 0 radical (unpaired) electrons. The molecule has 110 valence electrons. The average Bonchev–Trinajstić information content (AvgIpc) is 3.15. The Balaban J connectivity index is 1.89. The van der Waals surface area contributed by atoms with E-state index in [9.17, 15) is 4.79 Å². The van der Waals surface area contributed by atoms with Crippen molar-refractivity contribution < 1.29 is 9.53 Å². The van der Waals surface area contributed by atoms with Crippen LogP contribution in [-0.4, -0.2) is 50.5 Å². The van der Waals surface area contributed by atoms with Crippen molar-refractivity contribution >= 4 is 5.91 Å². The Morgan fingerprint density at radius 2 is 2.29 bits per heavy atom. The van der Waals surface area contributed by atoms with Crippen molar-refractivity contribution in [2.75, 3.05) is 13.7 Å². The van der Waals surface area contributed by atoms with E-state index in [1.165, 1.54) is 0 Å². The van der Waals surface area contributed by atoms with Gasteiger partial charge in [0.05, 0.1) is 12.1 Å². The Morgan fingerprint density at radius 3 is 2.95 bits per heavy atom. The van der Waals surface area contributed by atoms with Gasteiger partial charge in [-0.3, -0.25) is 4.79 Å². The van der Waals surface area contributed by atoms with Crippen molar-refractivity contribution in [3.05, 3.63) is 42.0 Å². The second-order valence-electron chi connectivity index (χ2n) is 5.06. The number of amides is 1. The molecule has 0 aliphatic carbocycles. The molecule has 1 amide bonds. The molecule has 2 aromatic rings. The van der Waals surface area contributed by atoms with Crippen molar-refractivity contribution in [2.45, 2.75) is 25.5 Å². The van der Waals surface area contributed by atoms with E-state index < -0.39 is 0 Å². The average molecular weight is 287 g/mol. The number of ether oxygens (including phenoxy) is 1. The summed E-state index contributed by atoms with van der Waals surface area (Å²) >= 11 is 0. The maximum atomic E-state index is 12.7. The predicted molar refractivity (Wildman–Crippen MR) is 74.5 cm³/mol. The van der Waals surface area contributed by atoms with Crippen LogP contribution in [0.2, 0.25) is 0 Å². The molecule has 1 aliphatic rings. The van der Waals surface area contributed by atoms with Crippen molar-refractivity contribution in [1.29, 1.82) is 0 Å². The highest BCUT2D eigenvalue weighted by atomic mass is 16.5. The van der Waals surface area contributed by atoms with Gasteiger partial charge in [0.1, 0.15) is 5.82 Å². The Labute approximate surface area is 122 Å². The molecule has 1 aliphatic heterocycles. The molecule has 0 spiro atoms. The van der Waals surface area contributed by atoms with Crippen molar-refractivity contribution in [3.8, 4) is 0 Å². The lowest BCUT2D eigenvalue weighted by atomic mass is 10.2. The summed E-state index contributed by atoms with van der Waals surface area (Å²) in [5, 5.41) is 0. The van der Waals surface area contributed by atoms with Crippen LogP contribution in [0.25, 0.3) is 0 Å². The number of imidazole rings is 1. The number of nitrogens with one attached hydrogen (secondary N) is 1. The topological polar surface area (TPSA) is 84.0 Å². The minimum Gasteiger partial charge on any atom is -0.380 e. The van der Waals surface area contributed by atoms with Gasteiger partial charge in [-0.1, -0.05) is 0 Å². The predicted octanol–water partition coefficient (Wildman–Crippen LogP) is 1.11. The molecule has 2 atom stereocenters. The molecular weight excluding hydrogens is 270 g/mol. The van der Waals surface area contributed by atoms with Gasteiger partial charge in [-0.05, 0) is 13.0 Å². The molecule has 1 N–H and O–H groups in total. The highest BCUT2D eigenvalue weighted by molar-refractivity contribution is 5.91. The highest BCUT2D eigenvalue weighted by Crippen LogP contribution is 2.32. The van der Waals surface area contributed by atoms with E-state index in [0.29, 0.717) is 13.0 Å². The number of nitrogens with zero attached hydrogens (tertiary/aromatic N) is 4. The zero-order valence-electron chi connectivity index (χ0n) is 12.0. The number of hydrogen-bond acceptors (Lipinski definition) is 5. The lowest BCUT2D eigenvalue weighted by Crippen LogP contribution is -2.33. The van der Waals surface area contributed by atoms with Crippen LogP contribution in [-0.2, 0) is 4.74 Å². The first-order valence-electron chi connectivity index (χ1n) is 6.81. The molecule has 1 saturated heterocycles. The fourth-order valence-electron chi connectivity index (χ4n) is 2.59. The number of likely N-dealkylation sites (tertiary alicyclic amines) is 1. The number of H-pyrrole nitrogens is 1. The standard InChI is InChI=1S/C14H17N5O2/c1-9-3-4-15-13(18-9)14(20)19-8-10(21-2)7-11(19)12-16-5-6-17-12/h3-6,10-11H,7-8H2,1-2H3,(H,16,17)/t10-,11?/m1/s1. The second-order valence-corrected chi connectivity index (χ2v) is 5.06. The van der Waals surface area contributed by atoms with Gasteiger partial charge in [-0.15, -0.1) is 0 Å². The van der Waals surface area contributed by atoms with Gasteiger partial charge < -0.3 is 14.6 Å². The van der Waals surface area contributed by atoms with E-state index >= 15 is 0 Å². The summed E-state index contributed by atoms with van der Waals surface area (Å²) in [5.74, 6) is 0.776. The van der Waals surface area contributed by atoms with E-state index in [4.69, 9.17) is 4.74 Å². The van der Waals surface area contributed by atoms with E-state index in [1.807, 2.05) is 6.92 Å². The van der Waals surface area contributed by atoms with Crippen LogP contribution < -0.4 is 0 Å².